The zero-order valence-corrected chi connectivity index (χ0v) is 11.2. The first-order valence-corrected chi connectivity index (χ1v) is 6.49. The molecule has 1 aromatic rings. The normalized spacial score (nSPS) is 15.7. The number of hydrogen-bond donors (Lipinski definition) is 3. The summed E-state index contributed by atoms with van der Waals surface area (Å²) in [7, 11) is 0. The van der Waals surface area contributed by atoms with Gasteiger partial charge in [-0.25, -0.2) is 9.59 Å². The molecule has 7 heteroatoms. The molecule has 1 aliphatic heterocycles. The van der Waals surface area contributed by atoms with Crippen LogP contribution in [-0.4, -0.2) is 46.3 Å². The molecule has 0 aliphatic carbocycles. The summed E-state index contributed by atoms with van der Waals surface area (Å²) in [5, 5.41) is 27.3. The van der Waals surface area contributed by atoms with Gasteiger partial charge in [0.2, 0.25) is 0 Å². The molecule has 7 nitrogen and oxygen atoms in total. The highest BCUT2D eigenvalue weighted by atomic mass is 16.4. The van der Waals surface area contributed by atoms with Crippen molar-refractivity contribution in [2.75, 3.05) is 18.0 Å². The Hall–Kier alpha value is -2.57. The standard InChI is InChI=1S/C14H15NO6/c16-12(17)8-4-6-15(7-5-8)10-3-1-2-9(13(18)19)11(10)14(20)21/h1-3,8H,4-7H2,(H,16,17)(H,18,19)(H,20,21). The van der Waals surface area contributed by atoms with E-state index >= 15 is 0 Å². The second-order valence-corrected chi connectivity index (χ2v) is 4.91. The smallest absolute Gasteiger partial charge is 0.338 e. The first-order chi connectivity index (χ1) is 9.91. The summed E-state index contributed by atoms with van der Waals surface area (Å²) >= 11 is 0. The van der Waals surface area contributed by atoms with Gasteiger partial charge in [0.25, 0.3) is 0 Å². The number of carboxylic acids is 3. The Kier molecular flexibility index (Phi) is 4.11. The van der Waals surface area contributed by atoms with E-state index in [-0.39, 0.29) is 11.1 Å². The van der Waals surface area contributed by atoms with Crippen LogP contribution in [0.1, 0.15) is 33.6 Å². The monoisotopic (exact) mass is 293 g/mol. The Morgan fingerprint density at radius 2 is 1.62 bits per heavy atom. The lowest BCUT2D eigenvalue weighted by Crippen LogP contribution is -2.37. The van der Waals surface area contributed by atoms with Gasteiger partial charge >= 0.3 is 17.9 Å². The third kappa shape index (κ3) is 2.96. The lowest BCUT2D eigenvalue weighted by molar-refractivity contribution is -0.142. The van der Waals surface area contributed by atoms with Gasteiger partial charge in [-0.3, -0.25) is 4.79 Å². The molecule has 1 aromatic carbocycles. The number of hydrogen-bond acceptors (Lipinski definition) is 4. The van der Waals surface area contributed by atoms with Crippen molar-refractivity contribution in [1.29, 1.82) is 0 Å². The Balaban J connectivity index is 2.33. The number of carbonyl (C=O) groups is 3. The predicted molar refractivity (Wildman–Crippen MR) is 72.9 cm³/mol. The molecule has 1 aliphatic rings. The van der Waals surface area contributed by atoms with Gasteiger partial charge in [0.05, 0.1) is 22.7 Å². The molecular formula is C14H15NO6. The van der Waals surface area contributed by atoms with E-state index in [0.29, 0.717) is 31.6 Å². The van der Waals surface area contributed by atoms with Crippen molar-refractivity contribution < 1.29 is 29.7 Å². The van der Waals surface area contributed by atoms with E-state index < -0.39 is 23.8 Å². The van der Waals surface area contributed by atoms with Crippen molar-refractivity contribution in [2.45, 2.75) is 12.8 Å². The number of aromatic carboxylic acids is 2. The van der Waals surface area contributed by atoms with E-state index in [9.17, 15) is 19.5 Å². The van der Waals surface area contributed by atoms with Gasteiger partial charge in [0.15, 0.2) is 0 Å². The van der Waals surface area contributed by atoms with Crippen molar-refractivity contribution in [2.24, 2.45) is 5.92 Å². The van der Waals surface area contributed by atoms with Gasteiger partial charge in [0, 0.05) is 13.1 Å². The first-order valence-electron chi connectivity index (χ1n) is 6.49. The van der Waals surface area contributed by atoms with Crippen LogP contribution in [-0.2, 0) is 4.79 Å². The van der Waals surface area contributed by atoms with Crippen LogP contribution < -0.4 is 4.90 Å². The second-order valence-electron chi connectivity index (χ2n) is 4.91. The summed E-state index contributed by atoms with van der Waals surface area (Å²) in [5.74, 6) is -3.89. The van der Waals surface area contributed by atoms with E-state index in [4.69, 9.17) is 10.2 Å². The maximum absolute atomic E-state index is 11.4. The molecule has 1 fully saturated rings. The lowest BCUT2D eigenvalue weighted by atomic mass is 9.95. The van der Waals surface area contributed by atoms with Crippen LogP contribution >= 0.6 is 0 Å². The highest BCUT2D eigenvalue weighted by molar-refractivity contribution is 6.06. The van der Waals surface area contributed by atoms with Gasteiger partial charge in [-0.15, -0.1) is 0 Å². The van der Waals surface area contributed by atoms with Crippen LogP contribution in [0.25, 0.3) is 0 Å². The molecule has 0 bridgehead atoms. The maximum atomic E-state index is 11.4. The highest BCUT2D eigenvalue weighted by Gasteiger charge is 2.28. The van der Waals surface area contributed by atoms with Gasteiger partial charge < -0.3 is 20.2 Å². The number of benzene rings is 1. The third-order valence-corrected chi connectivity index (χ3v) is 3.67. The van der Waals surface area contributed by atoms with Crippen molar-refractivity contribution >= 4 is 23.6 Å². The quantitative estimate of drug-likeness (QED) is 0.768. The number of piperidine rings is 1. The number of anilines is 1. The number of rotatable bonds is 4. The minimum atomic E-state index is -1.30. The first kappa shape index (κ1) is 14.8. The summed E-state index contributed by atoms with van der Waals surface area (Å²) in [5.41, 5.74) is -0.189. The summed E-state index contributed by atoms with van der Waals surface area (Å²) in [4.78, 5) is 35.2. The van der Waals surface area contributed by atoms with Crippen molar-refractivity contribution in [3.8, 4) is 0 Å². The molecule has 112 valence electrons. The van der Waals surface area contributed by atoms with Crippen LogP contribution in [0.5, 0.6) is 0 Å². The van der Waals surface area contributed by atoms with Crippen molar-refractivity contribution in [3.63, 3.8) is 0 Å². The van der Waals surface area contributed by atoms with E-state index in [1.54, 1.807) is 11.0 Å². The fourth-order valence-electron chi connectivity index (χ4n) is 2.57. The van der Waals surface area contributed by atoms with Gasteiger partial charge in [-0.05, 0) is 25.0 Å². The summed E-state index contributed by atoms with van der Waals surface area (Å²) in [6.07, 6.45) is 0.817. The molecule has 0 amide bonds. The second kappa shape index (κ2) is 5.82. The van der Waals surface area contributed by atoms with E-state index in [0.717, 1.165) is 0 Å². The zero-order valence-electron chi connectivity index (χ0n) is 11.2. The van der Waals surface area contributed by atoms with E-state index in [2.05, 4.69) is 0 Å². The van der Waals surface area contributed by atoms with Crippen LogP contribution in [0, 0.1) is 5.92 Å². The molecule has 3 N–H and O–H groups in total. The number of aliphatic carboxylic acids is 1. The fraction of sp³-hybridized carbons (Fsp3) is 0.357. The van der Waals surface area contributed by atoms with Gasteiger partial charge in [0.1, 0.15) is 0 Å². The maximum Gasteiger partial charge on any atom is 0.338 e. The van der Waals surface area contributed by atoms with Crippen molar-refractivity contribution in [1.82, 2.24) is 0 Å². The van der Waals surface area contributed by atoms with Crippen LogP contribution in [0.2, 0.25) is 0 Å². The minimum absolute atomic E-state index is 0.251. The molecule has 0 aromatic heterocycles. The molecule has 2 rings (SSSR count). The topological polar surface area (TPSA) is 115 Å². The average Bonchev–Trinajstić information content (AvgIpc) is 2.46. The SMILES string of the molecule is O=C(O)c1cccc(N2CCC(C(=O)O)CC2)c1C(=O)O. The minimum Gasteiger partial charge on any atom is -0.481 e. The molecule has 0 radical (unpaired) electrons. The average molecular weight is 293 g/mol. The van der Waals surface area contributed by atoms with Crippen LogP contribution in [0.15, 0.2) is 18.2 Å². The van der Waals surface area contributed by atoms with E-state index in [1.165, 1.54) is 12.1 Å². The van der Waals surface area contributed by atoms with E-state index in [1.807, 2.05) is 0 Å². The Bertz CT molecular complexity index is 589. The number of nitrogens with zero attached hydrogens (tertiary/aromatic N) is 1. The molecule has 0 saturated carbocycles. The molecule has 0 unspecified atom stereocenters. The molecule has 0 spiro atoms. The molecule has 1 saturated heterocycles. The fourth-order valence-corrected chi connectivity index (χ4v) is 2.57. The third-order valence-electron chi connectivity index (χ3n) is 3.67. The predicted octanol–water partition coefficient (Wildman–Crippen LogP) is 1.38. The largest absolute Gasteiger partial charge is 0.481 e. The Morgan fingerprint density at radius 3 is 2.10 bits per heavy atom. The molecule has 1 heterocycles. The summed E-state index contributed by atoms with van der Waals surface area (Å²) in [6, 6.07) is 4.30. The summed E-state index contributed by atoms with van der Waals surface area (Å²) in [6.45, 7) is 0.778. The molecule has 21 heavy (non-hydrogen) atoms. The van der Waals surface area contributed by atoms with Crippen molar-refractivity contribution in [3.05, 3.63) is 29.3 Å². The zero-order chi connectivity index (χ0) is 15.6. The molecular weight excluding hydrogens is 278 g/mol. The van der Waals surface area contributed by atoms with Crippen LogP contribution in [0.3, 0.4) is 0 Å². The Labute approximate surface area is 120 Å². The number of carboxylic acid groups (broad SMARTS) is 3. The van der Waals surface area contributed by atoms with Gasteiger partial charge in [-0.1, -0.05) is 6.07 Å². The van der Waals surface area contributed by atoms with Crippen LogP contribution in [0.4, 0.5) is 5.69 Å². The van der Waals surface area contributed by atoms with Gasteiger partial charge in [-0.2, -0.15) is 0 Å². The highest BCUT2D eigenvalue weighted by Crippen LogP contribution is 2.28. The summed E-state index contributed by atoms with van der Waals surface area (Å²) < 4.78 is 0. The Morgan fingerprint density at radius 1 is 1.00 bits per heavy atom. The molecule has 0 atom stereocenters. The lowest BCUT2D eigenvalue weighted by Gasteiger charge is -2.33.